The molecule has 1 heterocycles. The summed E-state index contributed by atoms with van der Waals surface area (Å²) in [6.45, 7) is 5.68. The van der Waals surface area contributed by atoms with E-state index in [-0.39, 0.29) is 5.91 Å². The molecule has 6 nitrogen and oxygen atoms in total. The van der Waals surface area contributed by atoms with Gasteiger partial charge in [0.25, 0.3) is 5.91 Å². The molecule has 6 heteroatoms. The van der Waals surface area contributed by atoms with Crippen LogP contribution in [0.3, 0.4) is 0 Å². The molecule has 0 spiro atoms. The zero-order chi connectivity index (χ0) is 26.0. The van der Waals surface area contributed by atoms with E-state index in [1.54, 1.807) is 12.3 Å². The van der Waals surface area contributed by atoms with Gasteiger partial charge in [0.2, 0.25) is 0 Å². The number of hydrogen-bond donors (Lipinski definition) is 4. The molecular formula is C31H31N5O. The fourth-order valence-corrected chi connectivity index (χ4v) is 3.84. The molecule has 37 heavy (non-hydrogen) atoms. The average Bonchev–Trinajstić information content (AvgIpc) is 3.16. The molecule has 0 fully saturated rings. The summed E-state index contributed by atoms with van der Waals surface area (Å²) < 4.78 is 0. The van der Waals surface area contributed by atoms with E-state index in [0.29, 0.717) is 5.56 Å². The first kappa shape index (κ1) is 25.3. The minimum atomic E-state index is -0.164. The Morgan fingerprint density at radius 3 is 2.59 bits per heavy atom. The van der Waals surface area contributed by atoms with E-state index < -0.39 is 0 Å². The van der Waals surface area contributed by atoms with Gasteiger partial charge in [0, 0.05) is 64.8 Å². The van der Waals surface area contributed by atoms with Crippen molar-refractivity contribution in [3.63, 3.8) is 0 Å². The van der Waals surface area contributed by atoms with Crippen LogP contribution in [-0.4, -0.2) is 17.9 Å². The van der Waals surface area contributed by atoms with Crippen LogP contribution in [0.2, 0.25) is 0 Å². The Hall–Kier alpha value is -4.84. The third-order valence-electron chi connectivity index (χ3n) is 5.84. The summed E-state index contributed by atoms with van der Waals surface area (Å²) in [6.07, 6.45) is 17.9. The quantitative estimate of drug-likeness (QED) is 0.251. The van der Waals surface area contributed by atoms with Gasteiger partial charge in [0.05, 0.1) is 5.52 Å². The molecule has 0 saturated heterocycles. The van der Waals surface area contributed by atoms with E-state index in [0.717, 1.165) is 51.5 Å². The fraction of sp³-hybridized carbons (Fsp3) is 0.0968. The van der Waals surface area contributed by atoms with Crippen LogP contribution < -0.4 is 21.3 Å². The van der Waals surface area contributed by atoms with Crippen LogP contribution in [0.4, 0.5) is 17.1 Å². The van der Waals surface area contributed by atoms with Gasteiger partial charge in [-0.3, -0.25) is 9.78 Å². The highest BCUT2D eigenvalue weighted by Gasteiger charge is 2.09. The van der Waals surface area contributed by atoms with Crippen LogP contribution in [0.5, 0.6) is 0 Å². The monoisotopic (exact) mass is 489 g/mol. The van der Waals surface area contributed by atoms with Crippen molar-refractivity contribution in [2.75, 3.05) is 17.7 Å². The maximum Gasteiger partial charge on any atom is 0.255 e. The molecule has 0 bridgehead atoms. The molecule has 0 saturated carbocycles. The lowest BCUT2D eigenvalue weighted by atomic mass is 10.1. The van der Waals surface area contributed by atoms with Gasteiger partial charge in [-0.1, -0.05) is 30.9 Å². The summed E-state index contributed by atoms with van der Waals surface area (Å²) in [7, 11) is 1.89. The lowest BCUT2D eigenvalue weighted by Gasteiger charge is -2.11. The van der Waals surface area contributed by atoms with Crippen molar-refractivity contribution in [3.05, 3.63) is 133 Å². The Morgan fingerprint density at radius 1 is 1.03 bits per heavy atom. The minimum Gasteiger partial charge on any atom is -0.388 e. The van der Waals surface area contributed by atoms with Crippen LogP contribution >= 0.6 is 0 Å². The minimum absolute atomic E-state index is 0.164. The average molecular weight is 490 g/mol. The van der Waals surface area contributed by atoms with Gasteiger partial charge < -0.3 is 21.3 Å². The van der Waals surface area contributed by atoms with Crippen molar-refractivity contribution in [2.24, 2.45) is 0 Å². The largest absolute Gasteiger partial charge is 0.388 e. The second kappa shape index (κ2) is 12.2. The number of hydrogen-bond acceptors (Lipinski definition) is 5. The molecule has 2 aromatic carbocycles. The molecule has 0 radical (unpaired) electrons. The Bertz CT molecular complexity index is 1440. The molecule has 1 aromatic heterocycles. The predicted octanol–water partition coefficient (Wildman–Crippen LogP) is 6.71. The summed E-state index contributed by atoms with van der Waals surface area (Å²) in [5.41, 5.74) is 7.08. The highest BCUT2D eigenvalue weighted by Crippen LogP contribution is 2.27. The lowest BCUT2D eigenvalue weighted by molar-refractivity contribution is 0.0967. The molecule has 186 valence electrons. The number of carbonyl (C=O) groups is 1. The summed E-state index contributed by atoms with van der Waals surface area (Å²) in [4.78, 5) is 17.3. The molecule has 1 aliphatic carbocycles. The molecular weight excluding hydrogens is 458 g/mol. The van der Waals surface area contributed by atoms with Gasteiger partial charge in [-0.2, -0.15) is 0 Å². The summed E-state index contributed by atoms with van der Waals surface area (Å²) in [5, 5.41) is 14.0. The summed E-state index contributed by atoms with van der Waals surface area (Å²) >= 11 is 0. The van der Waals surface area contributed by atoms with Crippen LogP contribution in [0.15, 0.2) is 127 Å². The van der Waals surface area contributed by atoms with E-state index in [9.17, 15) is 4.79 Å². The van der Waals surface area contributed by atoms with E-state index in [2.05, 4.69) is 38.9 Å². The number of amides is 1. The van der Waals surface area contributed by atoms with Gasteiger partial charge >= 0.3 is 0 Å². The van der Waals surface area contributed by atoms with Crippen molar-refractivity contribution in [1.29, 1.82) is 0 Å². The van der Waals surface area contributed by atoms with E-state index >= 15 is 0 Å². The number of aromatic nitrogens is 1. The second-order valence-corrected chi connectivity index (χ2v) is 8.38. The first-order chi connectivity index (χ1) is 18.1. The first-order valence-electron chi connectivity index (χ1n) is 12.1. The molecule has 0 atom stereocenters. The predicted molar refractivity (Wildman–Crippen MR) is 155 cm³/mol. The number of nitrogens with one attached hydrogen (secondary N) is 4. The Balaban J connectivity index is 1.42. The van der Waals surface area contributed by atoms with Crippen molar-refractivity contribution >= 4 is 33.9 Å². The molecule has 3 aromatic rings. The van der Waals surface area contributed by atoms with Crippen molar-refractivity contribution in [1.82, 2.24) is 15.6 Å². The maximum absolute atomic E-state index is 12.9. The smallest absolute Gasteiger partial charge is 0.255 e. The normalized spacial score (nSPS) is 13.5. The SMILES string of the molecule is C=C/C=C\C(=C/C)NC1=CC=C(NC(=O)c2ccc(Nc3ccnc4ccc(NC)cc34)cc2)C=CC1. The summed E-state index contributed by atoms with van der Waals surface area (Å²) in [6, 6.07) is 15.4. The zero-order valence-corrected chi connectivity index (χ0v) is 21.1. The molecule has 1 amide bonds. The number of fused-ring (bicyclic) bond motifs is 1. The third kappa shape index (κ3) is 6.64. The van der Waals surface area contributed by atoms with Crippen LogP contribution in [-0.2, 0) is 0 Å². The van der Waals surface area contributed by atoms with Crippen molar-refractivity contribution in [3.8, 4) is 0 Å². The third-order valence-corrected chi connectivity index (χ3v) is 5.84. The van der Waals surface area contributed by atoms with E-state index in [4.69, 9.17) is 0 Å². The number of allylic oxidation sites excluding steroid dienone is 8. The Labute approximate surface area is 217 Å². The van der Waals surface area contributed by atoms with Gasteiger partial charge in [-0.15, -0.1) is 0 Å². The van der Waals surface area contributed by atoms with Crippen LogP contribution in [0.25, 0.3) is 10.9 Å². The Morgan fingerprint density at radius 2 is 1.84 bits per heavy atom. The second-order valence-electron chi connectivity index (χ2n) is 8.38. The fourth-order valence-electron chi connectivity index (χ4n) is 3.84. The lowest BCUT2D eigenvalue weighted by Crippen LogP contribution is -2.21. The zero-order valence-electron chi connectivity index (χ0n) is 21.1. The highest BCUT2D eigenvalue weighted by molar-refractivity contribution is 5.97. The molecule has 0 aliphatic heterocycles. The number of rotatable bonds is 9. The Kier molecular flexibility index (Phi) is 8.34. The number of pyridine rings is 1. The van der Waals surface area contributed by atoms with Gasteiger partial charge in [0.15, 0.2) is 0 Å². The standard InChI is InChI=1S/C31H31N5O/c1-4-6-8-23(5-2)34-24-9-7-10-25(16-15-24)36-31(37)22-11-13-26(14-12-22)35-30-19-20-33-29-18-17-27(32-3)21-28(29)30/h4-8,10-21,32,34H,1,9H2,2-3H3,(H,33,35)(H,36,37)/b8-6-,23-5+. The van der Waals surface area contributed by atoms with Gasteiger partial charge in [0.1, 0.15) is 0 Å². The molecule has 1 aliphatic rings. The molecule has 4 N–H and O–H groups in total. The first-order valence-corrected chi connectivity index (χ1v) is 12.1. The van der Waals surface area contributed by atoms with Crippen LogP contribution in [0.1, 0.15) is 23.7 Å². The van der Waals surface area contributed by atoms with Gasteiger partial charge in [-0.05, 0) is 79.8 Å². The number of nitrogens with zero attached hydrogens (tertiary/aromatic N) is 1. The van der Waals surface area contributed by atoms with E-state index in [1.807, 2.05) is 99.0 Å². The van der Waals surface area contributed by atoms with Crippen molar-refractivity contribution < 1.29 is 4.79 Å². The highest BCUT2D eigenvalue weighted by atomic mass is 16.1. The van der Waals surface area contributed by atoms with Crippen molar-refractivity contribution in [2.45, 2.75) is 13.3 Å². The molecule has 0 unspecified atom stereocenters. The van der Waals surface area contributed by atoms with Crippen LogP contribution in [0, 0.1) is 0 Å². The number of anilines is 3. The summed E-state index contributed by atoms with van der Waals surface area (Å²) in [5.74, 6) is -0.164. The van der Waals surface area contributed by atoms with Gasteiger partial charge in [-0.25, -0.2) is 0 Å². The molecule has 4 rings (SSSR count). The van der Waals surface area contributed by atoms with E-state index in [1.165, 1.54) is 0 Å². The number of benzene rings is 2. The number of carbonyl (C=O) groups excluding carboxylic acids is 1. The topological polar surface area (TPSA) is 78.1 Å². The maximum atomic E-state index is 12.9.